The van der Waals surface area contributed by atoms with Gasteiger partial charge in [0.1, 0.15) is 5.82 Å². The van der Waals surface area contributed by atoms with Gasteiger partial charge < -0.3 is 10.3 Å². The summed E-state index contributed by atoms with van der Waals surface area (Å²) >= 11 is 0. The Labute approximate surface area is 111 Å². The number of H-pyrrole nitrogens is 1. The highest BCUT2D eigenvalue weighted by Crippen LogP contribution is 2.28. The van der Waals surface area contributed by atoms with E-state index < -0.39 is 0 Å². The highest BCUT2D eigenvalue weighted by atomic mass is 16.1. The minimum atomic E-state index is -0.288. The number of benzene rings is 1. The fourth-order valence-corrected chi connectivity index (χ4v) is 2.49. The number of aromatic nitrogens is 2. The molecule has 0 bridgehead atoms. The molecule has 2 aromatic rings. The second-order valence-electron chi connectivity index (χ2n) is 4.99. The first-order valence-corrected chi connectivity index (χ1v) is 6.68. The Balaban J connectivity index is 2.17. The molecule has 0 fully saturated rings. The number of rotatable bonds is 1. The second kappa shape index (κ2) is 4.88. The normalized spacial score (nSPS) is 14.4. The zero-order valence-corrected chi connectivity index (χ0v) is 11.0. The standard InChI is InChI=1S/C15H17N3O/c1-10-5-7-11(8-6-10)13-12-4-2-3-9-16-14(12)18-15(19)17-13/h5-8H,2-4,9H2,1H3,(H2,16,17,18,19). The van der Waals surface area contributed by atoms with Crippen molar-refractivity contribution in [3.8, 4) is 11.3 Å². The molecule has 2 N–H and O–H groups in total. The summed E-state index contributed by atoms with van der Waals surface area (Å²) in [5.74, 6) is 0.747. The van der Waals surface area contributed by atoms with Gasteiger partial charge in [-0.2, -0.15) is 4.98 Å². The maximum Gasteiger partial charge on any atom is 0.347 e. The summed E-state index contributed by atoms with van der Waals surface area (Å²) in [7, 11) is 0. The van der Waals surface area contributed by atoms with Crippen LogP contribution in [0.5, 0.6) is 0 Å². The van der Waals surface area contributed by atoms with Crippen LogP contribution in [0, 0.1) is 6.92 Å². The van der Waals surface area contributed by atoms with E-state index in [-0.39, 0.29) is 5.69 Å². The topological polar surface area (TPSA) is 57.8 Å². The lowest BCUT2D eigenvalue weighted by Crippen LogP contribution is -2.17. The SMILES string of the molecule is Cc1ccc(-c2[nH]c(=O)nc3c2CCCCN3)cc1. The number of aryl methyl sites for hydroxylation is 1. The van der Waals surface area contributed by atoms with Crippen LogP contribution in [0.15, 0.2) is 29.1 Å². The Morgan fingerprint density at radius 3 is 2.74 bits per heavy atom. The first-order chi connectivity index (χ1) is 9.24. The van der Waals surface area contributed by atoms with Crippen LogP contribution in [-0.2, 0) is 6.42 Å². The first kappa shape index (κ1) is 12.0. The summed E-state index contributed by atoms with van der Waals surface area (Å²) in [6, 6.07) is 8.22. The summed E-state index contributed by atoms with van der Waals surface area (Å²) in [4.78, 5) is 18.7. The summed E-state index contributed by atoms with van der Waals surface area (Å²) in [6.45, 7) is 2.94. The number of aromatic amines is 1. The van der Waals surface area contributed by atoms with E-state index >= 15 is 0 Å². The van der Waals surface area contributed by atoms with E-state index in [1.54, 1.807) is 0 Å². The zero-order chi connectivity index (χ0) is 13.2. The Bertz CT molecular complexity index is 643. The molecule has 19 heavy (non-hydrogen) atoms. The van der Waals surface area contributed by atoms with Crippen LogP contribution in [0.4, 0.5) is 5.82 Å². The van der Waals surface area contributed by atoms with E-state index in [0.29, 0.717) is 0 Å². The Hall–Kier alpha value is -2.10. The van der Waals surface area contributed by atoms with Gasteiger partial charge in [-0.3, -0.25) is 0 Å². The Morgan fingerprint density at radius 2 is 1.95 bits per heavy atom. The van der Waals surface area contributed by atoms with Crippen LogP contribution in [0.2, 0.25) is 0 Å². The Morgan fingerprint density at radius 1 is 1.16 bits per heavy atom. The van der Waals surface area contributed by atoms with Gasteiger partial charge in [-0.15, -0.1) is 0 Å². The lowest BCUT2D eigenvalue weighted by Gasteiger charge is -2.11. The van der Waals surface area contributed by atoms with Gasteiger partial charge in [-0.1, -0.05) is 29.8 Å². The van der Waals surface area contributed by atoms with Crippen LogP contribution in [0.1, 0.15) is 24.0 Å². The minimum absolute atomic E-state index is 0.288. The van der Waals surface area contributed by atoms with Crippen molar-refractivity contribution >= 4 is 5.82 Å². The molecule has 0 saturated carbocycles. The van der Waals surface area contributed by atoms with Gasteiger partial charge in [0, 0.05) is 12.1 Å². The molecule has 0 spiro atoms. The second-order valence-corrected chi connectivity index (χ2v) is 4.99. The van der Waals surface area contributed by atoms with Gasteiger partial charge in [-0.05, 0) is 31.7 Å². The third kappa shape index (κ3) is 2.38. The van der Waals surface area contributed by atoms with Crippen molar-refractivity contribution < 1.29 is 0 Å². The van der Waals surface area contributed by atoms with E-state index in [2.05, 4.69) is 34.3 Å². The quantitative estimate of drug-likeness (QED) is 0.823. The van der Waals surface area contributed by atoms with Gasteiger partial charge in [0.15, 0.2) is 0 Å². The predicted molar refractivity (Wildman–Crippen MR) is 76.5 cm³/mol. The monoisotopic (exact) mass is 255 g/mol. The van der Waals surface area contributed by atoms with Crippen molar-refractivity contribution in [2.45, 2.75) is 26.2 Å². The third-order valence-electron chi connectivity index (χ3n) is 3.52. The molecule has 0 aliphatic carbocycles. The van der Waals surface area contributed by atoms with E-state index in [4.69, 9.17) is 0 Å². The molecule has 0 saturated heterocycles. The predicted octanol–water partition coefficient (Wildman–Crippen LogP) is 2.49. The largest absolute Gasteiger partial charge is 0.370 e. The molecule has 98 valence electrons. The van der Waals surface area contributed by atoms with Crippen LogP contribution >= 0.6 is 0 Å². The number of nitrogens with one attached hydrogen (secondary N) is 2. The average molecular weight is 255 g/mol. The summed E-state index contributed by atoms with van der Waals surface area (Å²) in [5, 5.41) is 3.26. The summed E-state index contributed by atoms with van der Waals surface area (Å²) in [5.41, 5.74) is 4.00. The van der Waals surface area contributed by atoms with Crippen LogP contribution in [-0.4, -0.2) is 16.5 Å². The van der Waals surface area contributed by atoms with E-state index in [1.807, 2.05) is 12.1 Å². The molecule has 1 aliphatic rings. The summed E-state index contributed by atoms with van der Waals surface area (Å²) < 4.78 is 0. The smallest absolute Gasteiger partial charge is 0.347 e. The Kier molecular flexibility index (Phi) is 3.07. The number of fused-ring (bicyclic) bond motifs is 1. The molecule has 4 nitrogen and oxygen atoms in total. The lowest BCUT2D eigenvalue weighted by atomic mass is 10.0. The molecule has 3 rings (SSSR count). The molecule has 4 heteroatoms. The molecule has 1 aromatic carbocycles. The first-order valence-electron chi connectivity index (χ1n) is 6.68. The molecule has 0 atom stereocenters. The molecular weight excluding hydrogens is 238 g/mol. The van der Waals surface area contributed by atoms with Gasteiger partial charge in [0.05, 0.1) is 5.69 Å². The van der Waals surface area contributed by atoms with Crippen molar-refractivity contribution in [2.24, 2.45) is 0 Å². The van der Waals surface area contributed by atoms with E-state index in [1.165, 1.54) is 5.56 Å². The van der Waals surface area contributed by atoms with Crippen LogP contribution in [0.3, 0.4) is 0 Å². The average Bonchev–Trinajstić information content (AvgIpc) is 2.64. The maximum absolute atomic E-state index is 11.7. The molecule has 1 aromatic heterocycles. The molecule has 0 radical (unpaired) electrons. The van der Waals surface area contributed by atoms with E-state index in [0.717, 1.165) is 48.4 Å². The van der Waals surface area contributed by atoms with Crippen molar-refractivity contribution in [1.29, 1.82) is 0 Å². The molecule has 0 amide bonds. The van der Waals surface area contributed by atoms with E-state index in [9.17, 15) is 4.79 Å². The maximum atomic E-state index is 11.7. The molecule has 0 unspecified atom stereocenters. The number of nitrogens with zero attached hydrogens (tertiary/aromatic N) is 1. The highest BCUT2D eigenvalue weighted by molar-refractivity contribution is 5.68. The van der Waals surface area contributed by atoms with Gasteiger partial charge in [0.2, 0.25) is 0 Å². The van der Waals surface area contributed by atoms with Crippen molar-refractivity contribution in [1.82, 2.24) is 9.97 Å². The van der Waals surface area contributed by atoms with Gasteiger partial charge >= 0.3 is 5.69 Å². The van der Waals surface area contributed by atoms with Crippen molar-refractivity contribution in [2.75, 3.05) is 11.9 Å². The summed E-state index contributed by atoms with van der Waals surface area (Å²) in [6.07, 6.45) is 3.18. The minimum Gasteiger partial charge on any atom is -0.370 e. The van der Waals surface area contributed by atoms with Gasteiger partial charge in [0.25, 0.3) is 0 Å². The number of hydrogen-bond donors (Lipinski definition) is 2. The highest BCUT2D eigenvalue weighted by Gasteiger charge is 2.15. The zero-order valence-electron chi connectivity index (χ0n) is 11.0. The van der Waals surface area contributed by atoms with Crippen LogP contribution in [0.25, 0.3) is 11.3 Å². The lowest BCUT2D eigenvalue weighted by molar-refractivity contribution is 0.785. The molecule has 2 heterocycles. The van der Waals surface area contributed by atoms with Crippen molar-refractivity contribution in [3.63, 3.8) is 0 Å². The molecule has 1 aliphatic heterocycles. The molecular formula is C15H17N3O. The van der Waals surface area contributed by atoms with Gasteiger partial charge in [-0.25, -0.2) is 4.79 Å². The fourth-order valence-electron chi connectivity index (χ4n) is 2.49. The third-order valence-corrected chi connectivity index (χ3v) is 3.52. The van der Waals surface area contributed by atoms with Crippen molar-refractivity contribution in [3.05, 3.63) is 45.9 Å². The number of hydrogen-bond acceptors (Lipinski definition) is 3. The number of anilines is 1. The fraction of sp³-hybridized carbons (Fsp3) is 0.333. The van der Waals surface area contributed by atoms with Crippen LogP contribution < -0.4 is 11.0 Å².